The standard InChI is InChI=1S/C21H17ClN2O5S/c1-3-29-21(26)18-16(13-6-4-12(2)5-7-13)11-30-20(18)23-19(25)15-9-8-14(22)10-17(15)24(27)28/h4-11H,3H2,1-2H3,(H,23,25). The van der Waals surface area contributed by atoms with E-state index in [1.54, 1.807) is 12.3 Å². The molecule has 0 spiro atoms. The molecule has 3 aromatic rings. The number of nitro groups is 1. The van der Waals surface area contributed by atoms with E-state index in [-0.39, 0.29) is 27.8 Å². The maximum Gasteiger partial charge on any atom is 0.341 e. The quantitative estimate of drug-likeness (QED) is 0.298. The molecule has 2 aromatic carbocycles. The van der Waals surface area contributed by atoms with Crippen molar-refractivity contribution in [3.05, 3.63) is 79.7 Å². The molecule has 3 rings (SSSR count). The molecule has 0 saturated carbocycles. The lowest BCUT2D eigenvalue weighted by atomic mass is 10.0. The number of nitrogens with one attached hydrogen (secondary N) is 1. The molecule has 30 heavy (non-hydrogen) atoms. The first-order chi connectivity index (χ1) is 14.3. The molecule has 154 valence electrons. The Kier molecular flexibility index (Phi) is 6.49. The molecule has 0 radical (unpaired) electrons. The first-order valence-corrected chi connectivity index (χ1v) is 10.2. The Morgan fingerprint density at radius 3 is 2.53 bits per heavy atom. The van der Waals surface area contributed by atoms with Gasteiger partial charge < -0.3 is 10.1 Å². The predicted octanol–water partition coefficient (Wildman–Crippen LogP) is 5.71. The molecule has 0 saturated heterocycles. The topological polar surface area (TPSA) is 98.5 Å². The number of aryl methyl sites for hydroxylation is 1. The number of halogens is 1. The minimum Gasteiger partial charge on any atom is -0.462 e. The van der Waals surface area contributed by atoms with Crippen LogP contribution < -0.4 is 5.32 Å². The minimum atomic E-state index is -0.721. The Labute approximate surface area is 181 Å². The third-order valence-corrected chi connectivity index (χ3v) is 5.39. The zero-order chi connectivity index (χ0) is 21.8. The number of carbonyl (C=O) groups excluding carboxylic acids is 2. The van der Waals surface area contributed by atoms with E-state index in [1.165, 1.54) is 12.1 Å². The summed E-state index contributed by atoms with van der Waals surface area (Å²) in [7, 11) is 0. The zero-order valence-corrected chi connectivity index (χ0v) is 17.7. The van der Waals surface area contributed by atoms with Crippen molar-refractivity contribution in [1.82, 2.24) is 0 Å². The highest BCUT2D eigenvalue weighted by atomic mass is 35.5. The van der Waals surface area contributed by atoms with E-state index in [1.807, 2.05) is 31.2 Å². The fraction of sp³-hybridized carbons (Fsp3) is 0.143. The Morgan fingerprint density at radius 1 is 1.20 bits per heavy atom. The summed E-state index contributed by atoms with van der Waals surface area (Å²) in [5.74, 6) is -1.31. The van der Waals surface area contributed by atoms with Crippen LogP contribution in [0.15, 0.2) is 47.8 Å². The van der Waals surface area contributed by atoms with E-state index in [2.05, 4.69) is 5.32 Å². The van der Waals surface area contributed by atoms with Gasteiger partial charge in [-0.25, -0.2) is 4.79 Å². The van der Waals surface area contributed by atoms with E-state index < -0.39 is 22.5 Å². The third kappa shape index (κ3) is 4.50. The molecule has 1 amide bonds. The number of anilines is 1. The van der Waals surface area contributed by atoms with Gasteiger partial charge in [0.05, 0.1) is 11.5 Å². The smallest absolute Gasteiger partial charge is 0.341 e. The van der Waals surface area contributed by atoms with Gasteiger partial charge in [0, 0.05) is 22.0 Å². The Bertz CT molecular complexity index is 1120. The minimum absolute atomic E-state index is 0.142. The van der Waals surface area contributed by atoms with Gasteiger partial charge in [-0.05, 0) is 31.5 Å². The van der Waals surface area contributed by atoms with Crippen LogP contribution >= 0.6 is 22.9 Å². The number of nitro benzene ring substituents is 1. The average molecular weight is 445 g/mol. The number of esters is 1. The molecular weight excluding hydrogens is 428 g/mol. The van der Waals surface area contributed by atoms with Crippen LogP contribution in [0.25, 0.3) is 11.1 Å². The van der Waals surface area contributed by atoms with Gasteiger partial charge in [0.2, 0.25) is 0 Å². The molecule has 1 aromatic heterocycles. The van der Waals surface area contributed by atoms with Gasteiger partial charge in [-0.3, -0.25) is 14.9 Å². The van der Waals surface area contributed by atoms with Crippen LogP contribution in [0.5, 0.6) is 0 Å². The summed E-state index contributed by atoms with van der Waals surface area (Å²) in [5.41, 5.74) is 2.08. The number of rotatable bonds is 6. The molecule has 0 aliphatic rings. The molecule has 0 aliphatic heterocycles. The van der Waals surface area contributed by atoms with Gasteiger partial charge in [0.25, 0.3) is 11.6 Å². The molecule has 1 N–H and O–H groups in total. The first kappa shape index (κ1) is 21.5. The van der Waals surface area contributed by atoms with Crippen molar-refractivity contribution in [1.29, 1.82) is 0 Å². The molecule has 9 heteroatoms. The number of amides is 1. The molecule has 7 nitrogen and oxygen atoms in total. The number of hydrogen-bond acceptors (Lipinski definition) is 6. The molecule has 0 bridgehead atoms. The van der Waals surface area contributed by atoms with Gasteiger partial charge in [-0.2, -0.15) is 0 Å². The van der Waals surface area contributed by atoms with Crippen molar-refractivity contribution in [3.63, 3.8) is 0 Å². The number of ether oxygens (including phenoxy) is 1. The maximum absolute atomic E-state index is 12.8. The summed E-state index contributed by atoms with van der Waals surface area (Å²) >= 11 is 6.96. The van der Waals surface area contributed by atoms with Gasteiger partial charge in [-0.15, -0.1) is 11.3 Å². The van der Waals surface area contributed by atoms with E-state index in [0.29, 0.717) is 5.56 Å². The first-order valence-electron chi connectivity index (χ1n) is 8.92. The number of thiophene rings is 1. The van der Waals surface area contributed by atoms with Crippen LogP contribution in [0.1, 0.15) is 33.2 Å². The van der Waals surface area contributed by atoms with E-state index in [4.69, 9.17) is 16.3 Å². The Balaban J connectivity index is 2.02. The molecule has 0 aliphatic carbocycles. The summed E-state index contributed by atoms with van der Waals surface area (Å²) < 4.78 is 5.17. The zero-order valence-electron chi connectivity index (χ0n) is 16.1. The number of hydrogen-bond donors (Lipinski definition) is 1. The molecule has 0 unspecified atom stereocenters. The van der Waals surface area contributed by atoms with Crippen LogP contribution in [0.4, 0.5) is 10.7 Å². The van der Waals surface area contributed by atoms with Crippen molar-refractivity contribution >= 4 is 45.5 Å². The van der Waals surface area contributed by atoms with Crippen molar-refractivity contribution in [2.24, 2.45) is 0 Å². The Morgan fingerprint density at radius 2 is 1.90 bits per heavy atom. The Hall–Kier alpha value is -3.23. The van der Waals surface area contributed by atoms with E-state index in [0.717, 1.165) is 28.5 Å². The van der Waals surface area contributed by atoms with Crippen LogP contribution in [0.3, 0.4) is 0 Å². The fourth-order valence-corrected chi connectivity index (χ4v) is 3.94. The van der Waals surface area contributed by atoms with Crippen LogP contribution in [0, 0.1) is 17.0 Å². The van der Waals surface area contributed by atoms with E-state index >= 15 is 0 Å². The van der Waals surface area contributed by atoms with Gasteiger partial charge >= 0.3 is 5.97 Å². The second-order valence-corrected chi connectivity index (χ2v) is 7.63. The third-order valence-electron chi connectivity index (χ3n) is 4.26. The van der Waals surface area contributed by atoms with Crippen molar-refractivity contribution in [3.8, 4) is 11.1 Å². The lowest BCUT2D eigenvalue weighted by Gasteiger charge is -2.09. The number of carbonyl (C=O) groups is 2. The highest BCUT2D eigenvalue weighted by molar-refractivity contribution is 7.15. The summed E-state index contributed by atoms with van der Waals surface area (Å²) in [5, 5.41) is 16.0. The molecule has 1 heterocycles. The van der Waals surface area contributed by atoms with Crippen LogP contribution in [-0.4, -0.2) is 23.4 Å². The summed E-state index contributed by atoms with van der Waals surface area (Å²) in [6.45, 7) is 3.80. The highest BCUT2D eigenvalue weighted by Gasteiger charge is 2.26. The van der Waals surface area contributed by atoms with Crippen LogP contribution in [0.2, 0.25) is 5.02 Å². The lowest BCUT2D eigenvalue weighted by Crippen LogP contribution is -2.16. The second-order valence-electron chi connectivity index (χ2n) is 6.31. The van der Waals surface area contributed by atoms with E-state index in [9.17, 15) is 19.7 Å². The van der Waals surface area contributed by atoms with Gasteiger partial charge in [0.1, 0.15) is 16.1 Å². The van der Waals surface area contributed by atoms with Crippen molar-refractivity contribution in [2.75, 3.05) is 11.9 Å². The number of benzene rings is 2. The second kappa shape index (κ2) is 9.06. The normalized spacial score (nSPS) is 10.5. The monoisotopic (exact) mass is 444 g/mol. The number of nitrogens with zero attached hydrogens (tertiary/aromatic N) is 1. The summed E-state index contributed by atoms with van der Waals surface area (Å²) in [4.78, 5) is 36.0. The summed E-state index contributed by atoms with van der Waals surface area (Å²) in [6, 6.07) is 11.3. The molecule has 0 atom stereocenters. The lowest BCUT2D eigenvalue weighted by molar-refractivity contribution is -0.385. The van der Waals surface area contributed by atoms with Crippen molar-refractivity contribution in [2.45, 2.75) is 13.8 Å². The predicted molar refractivity (Wildman–Crippen MR) is 117 cm³/mol. The largest absolute Gasteiger partial charge is 0.462 e. The fourth-order valence-electron chi connectivity index (χ4n) is 2.82. The maximum atomic E-state index is 12.8. The summed E-state index contributed by atoms with van der Waals surface area (Å²) in [6.07, 6.45) is 0. The van der Waals surface area contributed by atoms with Gasteiger partial charge in [-0.1, -0.05) is 41.4 Å². The van der Waals surface area contributed by atoms with Gasteiger partial charge in [0.15, 0.2) is 0 Å². The highest BCUT2D eigenvalue weighted by Crippen LogP contribution is 2.37. The molecular formula is C21H17ClN2O5S. The average Bonchev–Trinajstić information content (AvgIpc) is 3.12. The van der Waals surface area contributed by atoms with Crippen molar-refractivity contribution < 1.29 is 19.2 Å². The SMILES string of the molecule is CCOC(=O)c1c(-c2ccc(C)cc2)csc1NC(=O)c1ccc(Cl)cc1[N+](=O)[O-]. The molecule has 0 fully saturated rings. The van der Waals surface area contributed by atoms with Crippen LogP contribution in [-0.2, 0) is 4.74 Å².